The van der Waals surface area contributed by atoms with Crippen LogP contribution in [0.1, 0.15) is 48.8 Å². The molecule has 0 heterocycles. The van der Waals surface area contributed by atoms with Crippen molar-refractivity contribution in [3.8, 4) is 5.75 Å². The van der Waals surface area contributed by atoms with Crippen molar-refractivity contribution in [3.05, 3.63) is 28.8 Å². The molecule has 1 N–H and O–H groups in total. The van der Waals surface area contributed by atoms with Gasteiger partial charge in [0.25, 0.3) is 5.91 Å². The predicted octanol–water partition coefficient (Wildman–Crippen LogP) is 3.44. The Kier molecular flexibility index (Phi) is 5.05. The Hall–Kier alpha value is -1.51. The van der Waals surface area contributed by atoms with Crippen LogP contribution in [-0.2, 0) is 4.79 Å². The fourth-order valence-corrected chi connectivity index (χ4v) is 2.81. The minimum Gasteiger partial charge on any atom is -0.483 e. The third-order valence-corrected chi connectivity index (χ3v) is 4.09. The second-order valence-corrected chi connectivity index (χ2v) is 5.90. The number of carbonyl (C=O) groups excluding carboxylic acids is 1. The molecule has 20 heavy (non-hydrogen) atoms. The van der Waals surface area contributed by atoms with Crippen molar-refractivity contribution >= 4 is 5.91 Å². The van der Waals surface area contributed by atoms with E-state index in [2.05, 4.69) is 18.3 Å². The molecule has 3 nitrogen and oxygen atoms in total. The summed E-state index contributed by atoms with van der Waals surface area (Å²) in [6.07, 6.45) is 5.96. The highest BCUT2D eigenvalue weighted by molar-refractivity contribution is 5.77. The zero-order valence-corrected chi connectivity index (χ0v) is 12.8. The molecule has 0 unspecified atom stereocenters. The Bertz CT molecular complexity index is 476. The third-order valence-electron chi connectivity index (χ3n) is 4.09. The molecule has 0 atom stereocenters. The smallest absolute Gasteiger partial charge is 0.258 e. The molecule has 0 saturated heterocycles. The maximum atomic E-state index is 11.9. The number of hydrogen-bond donors (Lipinski definition) is 1. The zero-order valence-electron chi connectivity index (χ0n) is 12.8. The summed E-state index contributed by atoms with van der Waals surface area (Å²) >= 11 is 0. The fraction of sp³-hybridized carbons (Fsp3) is 0.588. The first kappa shape index (κ1) is 14.9. The van der Waals surface area contributed by atoms with E-state index in [-0.39, 0.29) is 12.5 Å². The number of amides is 1. The molecule has 2 rings (SSSR count). The van der Waals surface area contributed by atoms with Crippen LogP contribution in [0.4, 0.5) is 0 Å². The maximum absolute atomic E-state index is 11.9. The molecule has 1 aromatic carbocycles. The number of benzene rings is 1. The van der Waals surface area contributed by atoms with Crippen LogP contribution in [-0.4, -0.2) is 18.6 Å². The first-order valence-electron chi connectivity index (χ1n) is 7.56. The molecule has 1 aromatic rings. The molecule has 1 aliphatic rings. The summed E-state index contributed by atoms with van der Waals surface area (Å²) in [4.78, 5) is 11.9. The predicted molar refractivity (Wildman–Crippen MR) is 81.2 cm³/mol. The summed E-state index contributed by atoms with van der Waals surface area (Å²) < 4.78 is 5.69. The molecule has 1 aliphatic carbocycles. The fourth-order valence-electron chi connectivity index (χ4n) is 2.81. The Morgan fingerprint density at radius 2 is 1.90 bits per heavy atom. The summed E-state index contributed by atoms with van der Waals surface area (Å²) in [5, 5.41) is 3.07. The minimum absolute atomic E-state index is 0.00420. The SMILES string of the molecule is Cc1cc(C)c(C)c(OCC(=O)NC2CCCCC2)c1. The Morgan fingerprint density at radius 3 is 2.60 bits per heavy atom. The molecular formula is C17H25NO2. The molecule has 0 aliphatic heterocycles. The van der Waals surface area contributed by atoms with Gasteiger partial charge in [-0.2, -0.15) is 0 Å². The van der Waals surface area contributed by atoms with Crippen molar-refractivity contribution in [3.63, 3.8) is 0 Å². The zero-order chi connectivity index (χ0) is 14.5. The first-order chi connectivity index (χ1) is 9.56. The molecule has 1 saturated carbocycles. The van der Waals surface area contributed by atoms with Crippen LogP contribution in [0.3, 0.4) is 0 Å². The van der Waals surface area contributed by atoms with E-state index < -0.39 is 0 Å². The van der Waals surface area contributed by atoms with Crippen molar-refractivity contribution in [2.24, 2.45) is 0 Å². The summed E-state index contributed by atoms with van der Waals surface area (Å²) in [6.45, 7) is 6.25. The van der Waals surface area contributed by atoms with Gasteiger partial charge in [-0.3, -0.25) is 4.79 Å². The number of hydrogen-bond acceptors (Lipinski definition) is 2. The quantitative estimate of drug-likeness (QED) is 0.914. The molecule has 0 spiro atoms. The van der Waals surface area contributed by atoms with Gasteiger partial charge >= 0.3 is 0 Å². The van der Waals surface area contributed by atoms with Gasteiger partial charge in [-0.25, -0.2) is 0 Å². The van der Waals surface area contributed by atoms with Gasteiger partial charge in [0.15, 0.2) is 6.61 Å². The highest BCUT2D eigenvalue weighted by Crippen LogP contribution is 2.23. The van der Waals surface area contributed by atoms with Crippen molar-refractivity contribution < 1.29 is 9.53 Å². The van der Waals surface area contributed by atoms with Gasteiger partial charge in [0.2, 0.25) is 0 Å². The molecule has 110 valence electrons. The van der Waals surface area contributed by atoms with Gasteiger partial charge in [0.05, 0.1) is 0 Å². The Morgan fingerprint density at radius 1 is 1.20 bits per heavy atom. The summed E-state index contributed by atoms with van der Waals surface area (Å²) in [5.41, 5.74) is 3.48. The van der Waals surface area contributed by atoms with E-state index in [4.69, 9.17) is 4.74 Å². The number of carbonyl (C=O) groups is 1. The highest BCUT2D eigenvalue weighted by atomic mass is 16.5. The van der Waals surface area contributed by atoms with E-state index in [9.17, 15) is 4.79 Å². The van der Waals surface area contributed by atoms with Crippen LogP contribution in [0.2, 0.25) is 0 Å². The van der Waals surface area contributed by atoms with Crippen molar-refractivity contribution in [2.75, 3.05) is 6.61 Å². The van der Waals surface area contributed by atoms with Gasteiger partial charge < -0.3 is 10.1 Å². The van der Waals surface area contributed by atoms with Crippen LogP contribution in [0.25, 0.3) is 0 Å². The van der Waals surface area contributed by atoms with E-state index >= 15 is 0 Å². The lowest BCUT2D eigenvalue weighted by molar-refractivity contribution is -0.124. The van der Waals surface area contributed by atoms with E-state index in [1.807, 2.05) is 19.9 Å². The van der Waals surface area contributed by atoms with Gasteiger partial charge in [-0.05, 0) is 56.4 Å². The molecule has 0 aromatic heterocycles. The molecule has 1 fully saturated rings. The lowest BCUT2D eigenvalue weighted by Gasteiger charge is -2.22. The minimum atomic E-state index is -0.00420. The van der Waals surface area contributed by atoms with Crippen LogP contribution < -0.4 is 10.1 Å². The van der Waals surface area contributed by atoms with Gasteiger partial charge in [0, 0.05) is 6.04 Å². The Labute approximate surface area is 121 Å². The monoisotopic (exact) mass is 275 g/mol. The van der Waals surface area contributed by atoms with E-state index in [0.29, 0.717) is 6.04 Å². The number of nitrogens with one attached hydrogen (secondary N) is 1. The normalized spacial score (nSPS) is 15.9. The number of ether oxygens (including phenoxy) is 1. The lowest BCUT2D eigenvalue weighted by Crippen LogP contribution is -2.39. The highest BCUT2D eigenvalue weighted by Gasteiger charge is 2.16. The van der Waals surface area contributed by atoms with Gasteiger partial charge in [0.1, 0.15) is 5.75 Å². The van der Waals surface area contributed by atoms with E-state index in [1.54, 1.807) is 0 Å². The van der Waals surface area contributed by atoms with Gasteiger partial charge in [-0.1, -0.05) is 25.3 Å². The van der Waals surface area contributed by atoms with Gasteiger partial charge in [-0.15, -0.1) is 0 Å². The van der Waals surface area contributed by atoms with Crippen LogP contribution in [0.15, 0.2) is 12.1 Å². The molecular weight excluding hydrogens is 250 g/mol. The average molecular weight is 275 g/mol. The average Bonchev–Trinajstić information content (AvgIpc) is 2.42. The maximum Gasteiger partial charge on any atom is 0.258 e. The van der Waals surface area contributed by atoms with Crippen LogP contribution in [0, 0.1) is 20.8 Å². The second kappa shape index (κ2) is 6.78. The number of rotatable bonds is 4. The molecule has 1 amide bonds. The van der Waals surface area contributed by atoms with Crippen molar-refractivity contribution in [2.45, 2.75) is 58.9 Å². The topological polar surface area (TPSA) is 38.3 Å². The Balaban J connectivity index is 1.86. The largest absolute Gasteiger partial charge is 0.483 e. The van der Waals surface area contributed by atoms with E-state index in [1.165, 1.54) is 24.8 Å². The van der Waals surface area contributed by atoms with Crippen molar-refractivity contribution in [1.29, 1.82) is 0 Å². The molecule has 0 radical (unpaired) electrons. The van der Waals surface area contributed by atoms with E-state index in [0.717, 1.165) is 29.7 Å². The second-order valence-electron chi connectivity index (χ2n) is 5.90. The summed E-state index contributed by atoms with van der Waals surface area (Å²) in [7, 11) is 0. The molecule has 3 heteroatoms. The summed E-state index contributed by atoms with van der Waals surface area (Å²) in [6, 6.07) is 4.47. The summed E-state index contributed by atoms with van der Waals surface area (Å²) in [5.74, 6) is 0.816. The van der Waals surface area contributed by atoms with Crippen molar-refractivity contribution in [1.82, 2.24) is 5.32 Å². The third kappa shape index (κ3) is 3.99. The standard InChI is InChI=1S/C17H25NO2/c1-12-9-13(2)14(3)16(10-12)20-11-17(19)18-15-7-5-4-6-8-15/h9-10,15H,4-8,11H2,1-3H3,(H,18,19). The van der Waals surface area contributed by atoms with Crippen LogP contribution >= 0.6 is 0 Å². The lowest BCUT2D eigenvalue weighted by atomic mass is 9.95. The molecule has 0 bridgehead atoms. The first-order valence-corrected chi connectivity index (χ1v) is 7.56. The van der Waals surface area contributed by atoms with Crippen LogP contribution in [0.5, 0.6) is 5.75 Å². The number of aryl methyl sites for hydroxylation is 2.